The standard InChI is InChI=1S/C15H22OS/c1-11-4-5-13(14(16)8-11)15(2,3)9-12-6-7-17-10-12/h6-7,10-11,13H,4-5,8-9H2,1-3H3. The summed E-state index contributed by atoms with van der Waals surface area (Å²) in [5, 5.41) is 4.33. The molecule has 0 aromatic carbocycles. The lowest BCUT2D eigenvalue weighted by Crippen LogP contribution is -2.36. The van der Waals surface area contributed by atoms with Gasteiger partial charge in [-0.25, -0.2) is 0 Å². The molecule has 0 amide bonds. The maximum Gasteiger partial charge on any atom is 0.136 e. The lowest BCUT2D eigenvalue weighted by atomic mass is 9.66. The normalized spacial score (nSPS) is 26.2. The minimum Gasteiger partial charge on any atom is -0.299 e. The van der Waals surface area contributed by atoms with E-state index >= 15 is 0 Å². The third-order valence-corrected chi connectivity index (χ3v) is 4.80. The summed E-state index contributed by atoms with van der Waals surface area (Å²) in [7, 11) is 0. The molecule has 1 heterocycles. The lowest BCUT2D eigenvalue weighted by Gasteiger charge is -2.37. The Bertz CT molecular complexity index is 378. The van der Waals surface area contributed by atoms with Crippen LogP contribution in [0.25, 0.3) is 0 Å². The van der Waals surface area contributed by atoms with Gasteiger partial charge in [0, 0.05) is 12.3 Å². The molecule has 2 unspecified atom stereocenters. The fraction of sp³-hybridized carbons (Fsp3) is 0.667. The number of rotatable bonds is 3. The molecule has 0 spiro atoms. The van der Waals surface area contributed by atoms with E-state index in [2.05, 4.69) is 37.6 Å². The van der Waals surface area contributed by atoms with Crippen LogP contribution in [-0.2, 0) is 11.2 Å². The van der Waals surface area contributed by atoms with E-state index in [4.69, 9.17) is 0 Å². The molecule has 1 aliphatic carbocycles. The molecule has 17 heavy (non-hydrogen) atoms. The quantitative estimate of drug-likeness (QED) is 0.780. The van der Waals surface area contributed by atoms with Gasteiger partial charge in [0.05, 0.1) is 0 Å². The van der Waals surface area contributed by atoms with E-state index in [9.17, 15) is 4.79 Å². The van der Waals surface area contributed by atoms with Gasteiger partial charge in [0.15, 0.2) is 0 Å². The van der Waals surface area contributed by atoms with Crippen molar-refractivity contribution in [1.29, 1.82) is 0 Å². The van der Waals surface area contributed by atoms with Crippen molar-refractivity contribution in [3.8, 4) is 0 Å². The number of thiophene rings is 1. The first-order valence-corrected chi connectivity index (χ1v) is 7.47. The van der Waals surface area contributed by atoms with Crippen LogP contribution in [0.1, 0.15) is 45.6 Å². The Kier molecular flexibility index (Phi) is 3.72. The maximum absolute atomic E-state index is 12.2. The first-order chi connectivity index (χ1) is 7.99. The number of carbonyl (C=O) groups excluding carboxylic acids is 1. The Morgan fingerprint density at radius 3 is 2.76 bits per heavy atom. The smallest absolute Gasteiger partial charge is 0.136 e. The van der Waals surface area contributed by atoms with Crippen molar-refractivity contribution in [2.24, 2.45) is 17.3 Å². The predicted octanol–water partition coefficient (Wildman–Crippen LogP) is 4.32. The van der Waals surface area contributed by atoms with Crippen molar-refractivity contribution in [1.82, 2.24) is 0 Å². The molecule has 94 valence electrons. The summed E-state index contributed by atoms with van der Waals surface area (Å²) < 4.78 is 0. The van der Waals surface area contributed by atoms with Crippen LogP contribution in [0.2, 0.25) is 0 Å². The second-order valence-corrected chi connectivity index (χ2v) is 6.98. The van der Waals surface area contributed by atoms with Crippen molar-refractivity contribution in [2.75, 3.05) is 0 Å². The minimum atomic E-state index is 0.109. The second kappa shape index (κ2) is 4.93. The van der Waals surface area contributed by atoms with Gasteiger partial charge in [-0.3, -0.25) is 4.79 Å². The highest BCUT2D eigenvalue weighted by Gasteiger charge is 2.37. The topological polar surface area (TPSA) is 17.1 Å². The van der Waals surface area contributed by atoms with Gasteiger partial charge in [0.1, 0.15) is 5.78 Å². The molecule has 1 aliphatic rings. The van der Waals surface area contributed by atoms with E-state index in [0.717, 1.165) is 19.3 Å². The first kappa shape index (κ1) is 12.8. The molecule has 1 fully saturated rings. The largest absolute Gasteiger partial charge is 0.299 e. The van der Waals surface area contributed by atoms with Crippen molar-refractivity contribution in [3.63, 3.8) is 0 Å². The van der Waals surface area contributed by atoms with Crippen molar-refractivity contribution in [2.45, 2.75) is 46.5 Å². The highest BCUT2D eigenvalue weighted by molar-refractivity contribution is 7.07. The monoisotopic (exact) mass is 250 g/mol. The van der Waals surface area contributed by atoms with E-state index in [1.807, 2.05) is 0 Å². The number of carbonyl (C=O) groups is 1. The number of hydrogen-bond acceptors (Lipinski definition) is 2. The van der Waals surface area contributed by atoms with E-state index < -0.39 is 0 Å². The maximum atomic E-state index is 12.2. The Labute approximate surface area is 108 Å². The fourth-order valence-electron chi connectivity index (χ4n) is 3.07. The molecule has 1 nitrogen and oxygen atoms in total. The van der Waals surface area contributed by atoms with Crippen LogP contribution in [0.3, 0.4) is 0 Å². The van der Waals surface area contributed by atoms with Gasteiger partial charge in [-0.05, 0) is 53.0 Å². The molecule has 0 N–H and O–H groups in total. The predicted molar refractivity (Wildman–Crippen MR) is 73.3 cm³/mol. The van der Waals surface area contributed by atoms with Gasteiger partial charge in [0.25, 0.3) is 0 Å². The van der Waals surface area contributed by atoms with Crippen molar-refractivity contribution in [3.05, 3.63) is 22.4 Å². The van der Waals surface area contributed by atoms with Gasteiger partial charge < -0.3 is 0 Å². The molecule has 1 aromatic heterocycles. The molecule has 2 rings (SSSR count). The van der Waals surface area contributed by atoms with Crippen LogP contribution in [0.15, 0.2) is 16.8 Å². The van der Waals surface area contributed by atoms with Crippen LogP contribution in [0.5, 0.6) is 0 Å². The number of hydrogen-bond donors (Lipinski definition) is 0. The van der Waals surface area contributed by atoms with Gasteiger partial charge in [-0.2, -0.15) is 11.3 Å². The van der Waals surface area contributed by atoms with Crippen LogP contribution in [-0.4, -0.2) is 5.78 Å². The van der Waals surface area contributed by atoms with Gasteiger partial charge in [0.2, 0.25) is 0 Å². The van der Waals surface area contributed by atoms with Gasteiger partial charge >= 0.3 is 0 Å². The van der Waals surface area contributed by atoms with E-state index in [-0.39, 0.29) is 11.3 Å². The van der Waals surface area contributed by atoms with Gasteiger partial charge in [-0.15, -0.1) is 0 Å². The fourth-order valence-corrected chi connectivity index (χ4v) is 3.74. The summed E-state index contributed by atoms with van der Waals surface area (Å²) in [5.74, 6) is 1.35. The summed E-state index contributed by atoms with van der Waals surface area (Å²) in [4.78, 5) is 12.2. The van der Waals surface area contributed by atoms with Crippen LogP contribution in [0.4, 0.5) is 0 Å². The van der Waals surface area contributed by atoms with E-state index in [1.165, 1.54) is 12.0 Å². The SMILES string of the molecule is CC1CCC(C(C)(C)Cc2ccsc2)C(=O)C1. The highest BCUT2D eigenvalue weighted by Crippen LogP contribution is 2.40. The number of ketones is 1. The lowest BCUT2D eigenvalue weighted by molar-refractivity contribution is -0.129. The van der Waals surface area contributed by atoms with Crippen LogP contribution in [0, 0.1) is 17.3 Å². The summed E-state index contributed by atoms with van der Waals surface area (Å²) in [6.45, 7) is 6.70. The number of Topliss-reactive ketones (excluding diaryl/α,β-unsaturated/α-hetero) is 1. The average Bonchev–Trinajstić information content (AvgIpc) is 2.68. The summed E-state index contributed by atoms with van der Waals surface area (Å²) in [5.41, 5.74) is 1.49. The highest BCUT2D eigenvalue weighted by atomic mass is 32.1. The molecule has 0 radical (unpaired) electrons. The molecule has 1 saturated carbocycles. The Morgan fingerprint density at radius 1 is 1.41 bits per heavy atom. The van der Waals surface area contributed by atoms with E-state index in [1.54, 1.807) is 11.3 Å². The zero-order valence-electron chi connectivity index (χ0n) is 11.0. The molecule has 1 aromatic rings. The van der Waals surface area contributed by atoms with Crippen molar-refractivity contribution < 1.29 is 4.79 Å². The first-order valence-electron chi connectivity index (χ1n) is 6.53. The van der Waals surface area contributed by atoms with E-state index in [0.29, 0.717) is 11.7 Å². The van der Waals surface area contributed by atoms with Crippen LogP contribution < -0.4 is 0 Å². The summed E-state index contributed by atoms with van der Waals surface area (Å²) >= 11 is 1.74. The Morgan fingerprint density at radius 2 is 2.18 bits per heavy atom. The minimum absolute atomic E-state index is 0.109. The second-order valence-electron chi connectivity index (χ2n) is 6.20. The zero-order valence-corrected chi connectivity index (χ0v) is 11.8. The average molecular weight is 250 g/mol. The Balaban J connectivity index is 2.07. The Hall–Kier alpha value is -0.630. The van der Waals surface area contributed by atoms with Crippen molar-refractivity contribution >= 4 is 17.1 Å². The van der Waals surface area contributed by atoms with Crippen LogP contribution >= 0.6 is 11.3 Å². The third kappa shape index (κ3) is 2.98. The molecule has 0 bridgehead atoms. The molecule has 2 heteroatoms. The molecular formula is C15H22OS. The molecule has 0 aliphatic heterocycles. The summed E-state index contributed by atoms with van der Waals surface area (Å²) in [6.07, 6.45) is 4.11. The third-order valence-electron chi connectivity index (χ3n) is 4.07. The van der Waals surface area contributed by atoms with Gasteiger partial charge in [-0.1, -0.05) is 20.8 Å². The molecular weight excluding hydrogens is 228 g/mol. The summed E-state index contributed by atoms with van der Waals surface area (Å²) in [6, 6.07) is 2.18. The zero-order chi connectivity index (χ0) is 12.5. The molecule has 2 atom stereocenters. The molecule has 0 saturated heterocycles.